The van der Waals surface area contributed by atoms with Gasteiger partial charge >= 0.3 is 5.69 Å². The van der Waals surface area contributed by atoms with Crippen LogP contribution in [0.1, 0.15) is 17.5 Å². The fourth-order valence-electron chi connectivity index (χ4n) is 2.64. The van der Waals surface area contributed by atoms with Crippen molar-refractivity contribution in [2.75, 3.05) is 25.5 Å². The van der Waals surface area contributed by atoms with E-state index in [0.29, 0.717) is 6.54 Å². The highest BCUT2D eigenvalue weighted by atomic mass is 16.2. The van der Waals surface area contributed by atoms with Crippen LogP contribution in [-0.2, 0) is 25.3 Å². The third kappa shape index (κ3) is 5.44. The molecule has 0 bridgehead atoms. The number of rotatable bonds is 7. The van der Waals surface area contributed by atoms with Crippen LogP contribution in [0.4, 0.5) is 5.69 Å². The number of carbonyl (C=O) groups excluding carboxylic acids is 1. The summed E-state index contributed by atoms with van der Waals surface area (Å²) in [5.74, 6) is -0.270. The highest BCUT2D eigenvalue weighted by Gasteiger charge is 2.04. The van der Waals surface area contributed by atoms with Crippen molar-refractivity contribution in [2.45, 2.75) is 12.8 Å². The van der Waals surface area contributed by atoms with Crippen LogP contribution in [0.15, 0.2) is 46.1 Å². The lowest BCUT2D eigenvalue weighted by Crippen LogP contribution is -2.37. The molecule has 1 heterocycles. The summed E-state index contributed by atoms with van der Waals surface area (Å²) in [5, 5.41) is 2.80. The van der Waals surface area contributed by atoms with Gasteiger partial charge in [-0.3, -0.25) is 14.2 Å². The largest absolute Gasteiger partial charge is 0.378 e. The van der Waals surface area contributed by atoms with Gasteiger partial charge < -0.3 is 14.8 Å². The van der Waals surface area contributed by atoms with Gasteiger partial charge in [-0.05, 0) is 36.6 Å². The molecule has 0 radical (unpaired) electrons. The van der Waals surface area contributed by atoms with Crippen LogP contribution in [0.25, 0.3) is 6.08 Å². The molecular formula is C20H26N4O3. The third-order valence-electron chi connectivity index (χ3n) is 4.28. The van der Waals surface area contributed by atoms with Crippen LogP contribution < -0.4 is 21.5 Å². The van der Waals surface area contributed by atoms with E-state index in [1.807, 2.05) is 19.0 Å². The zero-order valence-electron chi connectivity index (χ0n) is 16.2. The van der Waals surface area contributed by atoms with Crippen LogP contribution in [0.3, 0.4) is 0 Å². The van der Waals surface area contributed by atoms with Crippen molar-refractivity contribution in [3.63, 3.8) is 0 Å². The molecule has 1 N–H and O–H groups in total. The van der Waals surface area contributed by atoms with Gasteiger partial charge in [0.15, 0.2) is 0 Å². The number of carbonyl (C=O) groups is 1. The second-order valence-corrected chi connectivity index (χ2v) is 6.63. The van der Waals surface area contributed by atoms with Crippen LogP contribution >= 0.6 is 0 Å². The molecule has 0 saturated heterocycles. The Morgan fingerprint density at radius 3 is 2.44 bits per heavy atom. The number of benzene rings is 1. The van der Waals surface area contributed by atoms with E-state index in [0.717, 1.165) is 23.1 Å². The average Bonchev–Trinajstić information content (AvgIpc) is 2.65. The van der Waals surface area contributed by atoms with E-state index in [1.165, 1.54) is 35.5 Å². The zero-order valence-corrected chi connectivity index (χ0v) is 16.2. The summed E-state index contributed by atoms with van der Waals surface area (Å²) in [7, 11) is 6.98. The van der Waals surface area contributed by atoms with Crippen molar-refractivity contribution < 1.29 is 4.79 Å². The fraction of sp³-hybridized carbons (Fsp3) is 0.350. The van der Waals surface area contributed by atoms with Crippen LogP contribution in [0.5, 0.6) is 0 Å². The Morgan fingerprint density at radius 2 is 1.81 bits per heavy atom. The Kier molecular flexibility index (Phi) is 6.76. The van der Waals surface area contributed by atoms with Gasteiger partial charge in [-0.2, -0.15) is 0 Å². The second-order valence-electron chi connectivity index (χ2n) is 6.63. The molecule has 0 atom stereocenters. The normalized spacial score (nSPS) is 11.0. The Labute approximate surface area is 158 Å². The minimum atomic E-state index is -0.427. The summed E-state index contributed by atoms with van der Waals surface area (Å²) in [6.45, 7) is 0.546. The molecule has 1 amide bonds. The molecule has 1 aromatic heterocycles. The maximum atomic E-state index is 12.0. The summed E-state index contributed by atoms with van der Waals surface area (Å²) >= 11 is 0. The van der Waals surface area contributed by atoms with Gasteiger partial charge in [0.1, 0.15) is 0 Å². The van der Waals surface area contributed by atoms with Gasteiger partial charge in [0.2, 0.25) is 5.91 Å². The topological polar surface area (TPSA) is 76.3 Å². The molecule has 0 fully saturated rings. The van der Waals surface area contributed by atoms with Crippen LogP contribution in [0.2, 0.25) is 0 Å². The molecule has 0 unspecified atom stereocenters. The van der Waals surface area contributed by atoms with Crippen molar-refractivity contribution in [1.82, 2.24) is 14.5 Å². The molecule has 0 aliphatic carbocycles. The molecule has 7 heteroatoms. The molecule has 27 heavy (non-hydrogen) atoms. The summed E-state index contributed by atoms with van der Waals surface area (Å²) in [6.07, 6.45) is 5.86. The number of aromatic nitrogens is 2. The smallest absolute Gasteiger partial charge is 0.330 e. The standard InChI is InChI=1S/C20H26N4O3/c1-22(2)17-10-7-15(8-11-17)6-5-13-21-18(25)12-9-16-14-23(3)20(27)24(4)19(16)26/h7-12,14H,5-6,13H2,1-4H3,(H,21,25)/b12-9+. The summed E-state index contributed by atoms with van der Waals surface area (Å²) in [6, 6.07) is 8.33. The molecule has 0 saturated carbocycles. The number of nitrogens with one attached hydrogen (secondary N) is 1. The average molecular weight is 370 g/mol. The van der Waals surface area contributed by atoms with Gasteiger partial charge in [-0.15, -0.1) is 0 Å². The van der Waals surface area contributed by atoms with Crippen molar-refractivity contribution in [1.29, 1.82) is 0 Å². The maximum absolute atomic E-state index is 12.0. The zero-order chi connectivity index (χ0) is 20.0. The number of nitrogens with zero attached hydrogens (tertiary/aromatic N) is 3. The quantitative estimate of drug-likeness (QED) is 0.581. The molecule has 144 valence electrons. The van der Waals surface area contributed by atoms with E-state index >= 15 is 0 Å². The van der Waals surface area contributed by atoms with E-state index in [1.54, 1.807) is 7.05 Å². The first-order valence-corrected chi connectivity index (χ1v) is 8.78. The molecule has 1 aromatic carbocycles. The van der Waals surface area contributed by atoms with Crippen molar-refractivity contribution >= 4 is 17.7 Å². The molecule has 0 aliphatic rings. The molecule has 0 aliphatic heterocycles. The highest BCUT2D eigenvalue weighted by molar-refractivity contribution is 5.91. The number of anilines is 1. The lowest BCUT2D eigenvalue weighted by atomic mass is 10.1. The Balaban J connectivity index is 1.84. The Hall–Kier alpha value is -3.09. The lowest BCUT2D eigenvalue weighted by molar-refractivity contribution is -0.116. The number of hydrogen-bond acceptors (Lipinski definition) is 4. The summed E-state index contributed by atoms with van der Waals surface area (Å²) < 4.78 is 2.32. The van der Waals surface area contributed by atoms with E-state index in [-0.39, 0.29) is 11.5 Å². The van der Waals surface area contributed by atoms with Gasteiger partial charge in [0.25, 0.3) is 5.56 Å². The van der Waals surface area contributed by atoms with Crippen LogP contribution in [0, 0.1) is 0 Å². The van der Waals surface area contributed by atoms with E-state index < -0.39 is 11.2 Å². The maximum Gasteiger partial charge on any atom is 0.330 e. The first kappa shape index (κ1) is 20.2. The number of hydrogen-bond donors (Lipinski definition) is 1. The van der Waals surface area contributed by atoms with E-state index in [4.69, 9.17) is 0 Å². The van der Waals surface area contributed by atoms with Crippen molar-refractivity contribution in [3.8, 4) is 0 Å². The SMILES string of the molecule is CN(C)c1ccc(CCCNC(=O)/C=C/c2cn(C)c(=O)n(C)c2=O)cc1. The minimum Gasteiger partial charge on any atom is -0.378 e. The minimum absolute atomic E-state index is 0.270. The second kappa shape index (κ2) is 9.02. The van der Waals surface area contributed by atoms with Crippen molar-refractivity contribution in [3.05, 3.63) is 68.5 Å². The fourth-order valence-corrected chi connectivity index (χ4v) is 2.64. The monoisotopic (exact) mass is 370 g/mol. The molecular weight excluding hydrogens is 344 g/mol. The molecule has 2 rings (SSSR count). The van der Waals surface area contributed by atoms with Crippen molar-refractivity contribution in [2.24, 2.45) is 14.1 Å². The van der Waals surface area contributed by atoms with E-state index in [2.05, 4.69) is 29.6 Å². The predicted octanol–water partition coefficient (Wildman–Crippen LogP) is 0.912. The Morgan fingerprint density at radius 1 is 1.15 bits per heavy atom. The third-order valence-corrected chi connectivity index (χ3v) is 4.28. The molecule has 0 spiro atoms. The highest BCUT2D eigenvalue weighted by Crippen LogP contribution is 2.13. The van der Waals surface area contributed by atoms with Gasteiger partial charge in [0, 0.05) is 52.7 Å². The number of aryl methyl sites for hydroxylation is 2. The first-order valence-electron chi connectivity index (χ1n) is 8.78. The van der Waals surface area contributed by atoms with Gasteiger partial charge in [-0.25, -0.2) is 4.79 Å². The van der Waals surface area contributed by atoms with Gasteiger partial charge in [0.05, 0.1) is 5.56 Å². The predicted molar refractivity (Wildman–Crippen MR) is 108 cm³/mol. The van der Waals surface area contributed by atoms with Crippen LogP contribution in [-0.4, -0.2) is 35.7 Å². The molecule has 7 nitrogen and oxygen atoms in total. The molecule has 2 aromatic rings. The lowest BCUT2D eigenvalue weighted by Gasteiger charge is -2.12. The van der Waals surface area contributed by atoms with Gasteiger partial charge in [-0.1, -0.05) is 12.1 Å². The Bertz CT molecular complexity index is 937. The first-order chi connectivity index (χ1) is 12.8. The van der Waals surface area contributed by atoms with E-state index in [9.17, 15) is 14.4 Å². The summed E-state index contributed by atoms with van der Waals surface area (Å²) in [4.78, 5) is 37.6. The number of amides is 1. The summed E-state index contributed by atoms with van der Waals surface area (Å²) in [5.41, 5.74) is 1.83.